The molecule has 0 N–H and O–H groups in total. The summed E-state index contributed by atoms with van der Waals surface area (Å²) in [5, 5.41) is 1.39. The predicted octanol–water partition coefficient (Wildman–Crippen LogP) is 3.47. The summed E-state index contributed by atoms with van der Waals surface area (Å²) in [5.74, 6) is 0.958. The Morgan fingerprint density at radius 2 is 1.88 bits per heavy atom. The number of benzene rings is 1. The van der Waals surface area contributed by atoms with Crippen LogP contribution in [0.3, 0.4) is 0 Å². The van der Waals surface area contributed by atoms with Crippen molar-refractivity contribution in [2.24, 2.45) is 0 Å². The van der Waals surface area contributed by atoms with E-state index in [1.807, 2.05) is 12.1 Å². The van der Waals surface area contributed by atoms with Crippen molar-refractivity contribution in [2.75, 3.05) is 0 Å². The van der Waals surface area contributed by atoms with Gasteiger partial charge in [-0.25, -0.2) is 0 Å². The maximum atomic E-state index is 5.87. The van der Waals surface area contributed by atoms with E-state index in [0.717, 1.165) is 5.75 Å². The largest absolute Gasteiger partial charge is 0.488 e. The zero-order chi connectivity index (χ0) is 12.3. The van der Waals surface area contributed by atoms with Gasteiger partial charge in [0.2, 0.25) is 0 Å². The van der Waals surface area contributed by atoms with Gasteiger partial charge in [0.05, 0.1) is 8.80 Å². The summed E-state index contributed by atoms with van der Waals surface area (Å²) in [6, 6.07) is 6.29. The molecular formula is C14H21OSi. The van der Waals surface area contributed by atoms with Gasteiger partial charge in [0.15, 0.2) is 0 Å². The summed E-state index contributed by atoms with van der Waals surface area (Å²) < 4.78 is 5.87. The van der Waals surface area contributed by atoms with Crippen LogP contribution < -0.4 is 9.92 Å². The lowest BCUT2D eigenvalue weighted by atomic mass is 10.1. The minimum atomic E-state index is -0.482. The molecule has 0 bridgehead atoms. The molecule has 1 nitrogen and oxygen atoms in total. The van der Waals surface area contributed by atoms with Gasteiger partial charge in [0.25, 0.3) is 0 Å². The molecule has 0 atom stereocenters. The Morgan fingerprint density at radius 3 is 2.31 bits per heavy atom. The monoisotopic (exact) mass is 233 g/mol. The number of hydrogen-bond acceptors (Lipinski definition) is 1. The molecule has 0 aliphatic rings. The normalized spacial score (nSPS) is 11.6. The second kappa shape index (κ2) is 4.87. The third-order valence-corrected chi connectivity index (χ3v) is 3.72. The zero-order valence-electron chi connectivity index (χ0n) is 10.9. The van der Waals surface area contributed by atoms with Crippen LogP contribution in [-0.2, 0) is 0 Å². The van der Waals surface area contributed by atoms with E-state index in [1.54, 1.807) is 0 Å². The molecule has 0 aliphatic carbocycles. The summed E-state index contributed by atoms with van der Waals surface area (Å²) in [5.41, 5.74) is 1.10. The molecular weight excluding hydrogens is 212 g/mol. The molecule has 0 saturated carbocycles. The van der Waals surface area contributed by atoms with Crippen LogP contribution in [0.25, 0.3) is 6.08 Å². The Kier molecular flexibility index (Phi) is 3.97. The van der Waals surface area contributed by atoms with Gasteiger partial charge in [0, 0.05) is 0 Å². The Morgan fingerprint density at radius 1 is 1.25 bits per heavy atom. The van der Waals surface area contributed by atoms with Crippen molar-refractivity contribution in [3.05, 3.63) is 30.3 Å². The average molecular weight is 233 g/mol. The summed E-state index contributed by atoms with van der Waals surface area (Å²) >= 11 is 0. The maximum absolute atomic E-state index is 5.87. The quantitative estimate of drug-likeness (QED) is 0.726. The molecule has 1 aromatic carbocycles. The molecule has 0 fully saturated rings. The van der Waals surface area contributed by atoms with Crippen LogP contribution in [0.15, 0.2) is 24.8 Å². The van der Waals surface area contributed by atoms with E-state index in [9.17, 15) is 0 Å². The summed E-state index contributed by atoms with van der Waals surface area (Å²) in [6.07, 6.45) is 1.92. The second-order valence-corrected chi connectivity index (χ2v) is 7.71. The van der Waals surface area contributed by atoms with E-state index in [4.69, 9.17) is 4.74 Å². The highest BCUT2D eigenvalue weighted by Crippen LogP contribution is 2.18. The molecule has 0 heterocycles. The van der Waals surface area contributed by atoms with Gasteiger partial charge < -0.3 is 4.74 Å². The van der Waals surface area contributed by atoms with Crippen molar-refractivity contribution < 1.29 is 4.74 Å². The summed E-state index contributed by atoms with van der Waals surface area (Å²) in [4.78, 5) is 0. The van der Waals surface area contributed by atoms with Crippen molar-refractivity contribution in [2.45, 2.75) is 39.5 Å². The molecule has 0 aromatic heterocycles. The molecule has 1 aromatic rings. The van der Waals surface area contributed by atoms with Crippen LogP contribution in [0.5, 0.6) is 5.75 Å². The Bertz CT molecular complexity index is 375. The van der Waals surface area contributed by atoms with Gasteiger partial charge in [-0.3, -0.25) is 0 Å². The highest BCUT2D eigenvalue weighted by Gasteiger charge is 2.13. The Balaban J connectivity index is 3.07. The van der Waals surface area contributed by atoms with Crippen molar-refractivity contribution in [3.63, 3.8) is 0 Å². The molecule has 1 rings (SSSR count). The molecule has 0 unspecified atom stereocenters. The molecule has 0 amide bonds. The first-order valence-corrected chi connectivity index (χ1v) is 8.09. The minimum Gasteiger partial charge on any atom is -0.488 e. The van der Waals surface area contributed by atoms with Gasteiger partial charge >= 0.3 is 0 Å². The van der Waals surface area contributed by atoms with Crippen molar-refractivity contribution in [1.82, 2.24) is 0 Å². The van der Waals surface area contributed by atoms with Crippen molar-refractivity contribution in [3.8, 4) is 5.75 Å². The number of rotatable bonds is 3. The van der Waals surface area contributed by atoms with Gasteiger partial charge in [0.1, 0.15) is 11.4 Å². The van der Waals surface area contributed by atoms with Crippen molar-refractivity contribution in [1.29, 1.82) is 0 Å². The van der Waals surface area contributed by atoms with Gasteiger partial charge in [-0.1, -0.05) is 37.0 Å². The highest BCUT2D eigenvalue weighted by atomic mass is 28.3. The van der Waals surface area contributed by atoms with E-state index in [2.05, 4.69) is 52.6 Å². The average Bonchev–Trinajstić information content (AvgIpc) is 2.15. The van der Waals surface area contributed by atoms with E-state index in [-0.39, 0.29) is 5.60 Å². The summed E-state index contributed by atoms with van der Waals surface area (Å²) in [7, 11) is -0.482. The van der Waals surface area contributed by atoms with Crippen LogP contribution in [0, 0.1) is 0 Å². The van der Waals surface area contributed by atoms with Gasteiger partial charge in [-0.2, -0.15) is 0 Å². The van der Waals surface area contributed by atoms with Gasteiger partial charge in [-0.05, 0) is 38.5 Å². The fourth-order valence-electron chi connectivity index (χ4n) is 1.56. The van der Waals surface area contributed by atoms with E-state index in [0.29, 0.717) is 0 Å². The fraction of sp³-hybridized carbons (Fsp3) is 0.429. The lowest BCUT2D eigenvalue weighted by molar-refractivity contribution is 0.131. The smallest absolute Gasteiger partial charge is 0.120 e. The molecule has 0 saturated heterocycles. The van der Waals surface area contributed by atoms with Crippen LogP contribution in [0.2, 0.25) is 13.1 Å². The first-order valence-electron chi connectivity index (χ1n) is 5.59. The van der Waals surface area contributed by atoms with Crippen LogP contribution in [-0.4, -0.2) is 14.4 Å². The van der Waals surface area contributed by atoms with E-state index >= 15 is 0 Å². The lowest BCUT2D eigenvalue weighted by Crippen LogP contribution is -2.28. The first-order chi connectivity index (χ1) is 7.33. The van der Waals surface area contributed by atoms with Gasteiger partial charge in [-0.15, -0.1) is 0 Å². The van der Waals surface area contributed by atoms with Crippen LogP contribution in [0.1, 0.15) is 26.3 Å². The van der Waals surface area contributed by atoms with Crippen molar-refractivity contribution >= 4 is 20.1 Å². The lowest BCUT2D eigenvalue weighted by Gasteiger charge is -2.22. The van der Waals surface area contributed by atoms with Crippen LogP contribution >= 0.6 is 0 Å². The fourth-order valence-corrected chi connectivity index (χ4v) is 2.76. The number of hydrogen-bond donors (Lipinski definition) is 0. The highest BCUT2D eigenvalue weighted by molar-refractivity contribution is 6.71. The summed E-state index contributed by atoms with van der Waals surface area (Å²) in [6.45, 7) is 14.6. The Hall–Kier alpha value is -1.02. The predicted molar refractivity (Wildman–Crippen MR) is 74.0 cm³/mol. The standard InChI is InChI=1S/C14H21OSi/c1-7-11-8-9-12(15-14(2,3)4)10-13(11)16(5)6/h7-10H,1H2,2-6H3. The number of ether oxygens (including phenoxy) is 1. The minimum absolute atomic E-state index is 0.138. The SMILES string of the molecule is C=Cc1ccc(OC(C)(C)C)cc1[Si](C)C. The van der Waals surface area contributed by atoms with Crippen LogP contribution in [0.4, 0.5) is 0 Å². The molecule has 87 valence electrons. The zero-order valence-corrected chi connectivity index (χ0v) is 11.9. The second-order valence-electron chi connectivity index (χ2n) is 5.17. The molecule has 0 aliphatic heterocycles. The van der Waals surface area contributed by atoms with E-state index in [1.165, 1.54) is 10.8 Å². The third kappa shape index (κ3) is 3.53. The molecule has 2 heteroatoms. The molecule has 0 spiro atoms. The molecule has 16 heavy (non-hydrogen) atoms. The topological polar surface area (TPSA) is 9.23 Å². The molecule has 1 radical (unpaired) electrons. The third-order valence-electron chi connectivity index (χ3n) is 2.21. The first kappa shape index (κ1) is 13.0. The maximum Gasteiger partial charge on any atom is 0.120 e. The van der Waals surface area contributed by atoms with E-state index < -0.39 is 8.80 Å². The Labute approximate surface area is 101 Å².